The molecule has 0 spiro atoms. The molecule has 0 N–H and O–H groups in total. The van der Waals surface area contributed by atoms with Gasteiger partial charge in [0.05, 0.1) is 19.6 Å². The standard InChI is InChI=1S/C33H28O4/c1-36-31(34)30(32(35)37-2)24-33(27-19-11-5-12-20-27,28-21-13-6-14-22-28)23-29(25-15-7-3-8-16-25)26-17-9-4-10-18-26/h3-24H,1-2H3. The summed E-state index contributed by atoms with van der Waals surface area (Å²) in [5.41, 5.74) is 3.47. The number of benzene rings is 4. The molecule has 0 aliphatic heterocycles. The number of carbonyl (C=O) groups excluding carboxylic acids is 2. The SMILES string of the molecule is COC(=O)C(=CC(C=C(c1ccccc1)c1ccccc1)(c1ccccc1)c1ccccc1)C(=O)OC. The highest BCUT2D eigenvalue weighted by atomic mass is 16.5. The lowest BCUT2D eigenvalue weighted by Crippen LogP contribution is -2.27. The molecule has 0 heterocycles. The number of allylic oxidation sites excluding steroid dienone is 2. The zero-order chi connectivity index (χ0) is 26.1. The summed E-state index contributed by atoms with van der Waals surface area (Å²) in [6.07, 6.45) is 3.76. The fraction of sp³-hybridized carbons (Fsp3) is 0.0909. The van der Waals surface area contributed by atoms with E-state index in [1.165, 1.54) is 14.2 Å². The number of esters is 2. The van der Waals surface area contributed by atoms with Crippen LogP contribution >= 0.6 is 0 Å². The van der Waals surface area contributed by atoms with Gasteiger partial charge in [-0.1, -0.05) is 127 Å². The molecule has 0 saturated carbocycles. The maximum atomic E-state index is 12.9. The van der Waals surface area contributed by atoms with Gasteiger partial charge in [-0.25, -0.2) is 9.59 Å². The molecule has 0 amide bonds. The fourth-order valence-corrected chi connectivity index (χ4v) is 4.41. The molecule has 0 aromatic heterocycles. The monoisotopic (exact) mass is 488 g/mol. The van der Waals surface area contributed by atoms with E-state index in [1.807, 2.05) is 121 Å². The second kappa shape index (κ2) is 11.8. The molecular weight excluding hydrogens is 460 g/mol. The Hall–Kier alpha value is -4.70. The van der Waals surface area contributed by atoms with Crippen LogP contribution in [0.4, 0.5) is 0 Å². The van der Waals surface area contributed by atoms with Crippen LogP contribution in [0.15, 0.2) is 139 Å². The molecule has 4 rings (SSSR count). The summed E-state index contributed by atoms with van der Waals surface area (Å²) in [6, 6.07) is 39.7. The fourth-order valence-electron chi connectivity index (χ4n) is 4.41. The lowest BCUT2D eigenvalue weighted by Gasteiger charge is -2.31. The van der Waals surface area contributed by atoms with Crippen molar-refractivity contribution in [2.24, 2.45) is 0 Å². The lowest BCUT2D eigenvalue weighted by molar-refractivity contribution is -0.144. The highest BCUT2D eigenvalue weighted by Gasteiger charge is 2.35. The average molecular weight is 489 g/mol. The maximum Gasteiger partial charge on any atom is 0.345 e. The van der Waals surface area contributed by atoms with Crippen LogP contribution < -0.4 is 0 Å². The smallest absolute Gasteiger partial charge is 0.345 e. The molecule has 0 atom stereocenters. The number of hydrogen-bond acceptors (Lipinski definition) is 4. The van der Waals surface area contributed by atoms with E-state index in [4.69, 9.17) is 9.47 Å². The topological polar surface area (TPSA) is 52.6 Å². The Morgan fingerprint density at radius 1 is 0.541 bits per heavy atom. The quantitative estimate of drug-likeness (QED) is 0.125. The predicted molar refractivity (Wildman–Crippen MR) is 146 cm³/mol. The molecule has 4 heteroatoms. The Balaban J connectivity index is 2.16. The van der Waals surface area contributed by atoms with Gasteiger partial charge in [-0.2, -0.15) is 0 Å². The number of methoxy groups -OCH3 is 2. The molecule has 0 radical (unpaired) electrons. The molecule has 0 aliphatic carbocycles. The summed E-state index contributed by atoms with van der Waals surface area (Å²) in [5.74, 6) is -1.53. The molecule has 0 unspecified atom stereocenters. The van der Waals surface area contributed by atoms with E-state index in [-0.39, 0.29) is 5.57 Å². The van der Waals surface area contributed by atoms with Crippen LogP contribution in [0.1, 0.15) is 22.3 Å². The van der Waals surface area contributed by atoms with Crippen molar-refractivity contribution < 1.29 is 19.1 Å². The van der Waals surface area contributed by atoms with Gasteiger partial charge in [0, 0.05) is 0 Å². The molecule has 37 heavy (non-hydrogen) atoms. The van der Waals surface area contributed by atoms with Gasteiger partial charge in [0.25, 0.3) is 0 Å². The van der Waals surface area contributed by atoms with Gasteiger partial charge in [0.2, 0.25) is 0 Å². The number of hydrogen-bond donors (Lipinski definition) is 0. The van der Waals surface area contributed by atoms with Crippen molar-refractivity contribution >= 4 is 17.5 Å². The first-order chi connectivity index (χ1) is 18.1. The van der Waals surface area contributed by atoms with Crippen molar-refractivity contribution in [3.63, 3.8) is 0 Å². The Morgan fingerprint density at radius 3 is 1.24 bits per heavy atom. The number of ether oxygens (including phenoxy) is 2. The first-order valence-electron chi connectivity index (χ1n) is 11.9. The van der Waals surface area contributed by atoms with Crippen molar-refractivity contribution in [2.75, 3.05) is 14.2 Å². The number of rotatable bonds is 8. The van der Waals surface area contributed by atoms with Gasteiger partial charge in [-0.3, -0.25) is 0 Å². The highest BCUT2D eigenvalue weighted by molar-refractivity contribution is 6.14. The average Bonchev–Trinajstić information content (AvgIpc) is 2.98. The van der Waals surface area contributed by atoms with Crippen molar-refractivity contribution in [1.29, 1.82) is 0 Å². The molecule has 4 aromatic carbocycles. The van der Waals surface area contributed by atoms with Crippen LogP contribution in [0, 0.1) is 0 Å². The summed E-state index contributed by atoms with van der Waals surface area (Å²) in [6.45, 7) is 0. The zero-order valence-corrected chi connectivity index (χ0v) is 20.8. The van der Waals surface area contributed by atoms with Crippen LogP contribution in [-0.2, 0) is 24.5 Å². The third kappa shape index (κ3) is 5.60. The maximum absolute atomic E-state index is 12.9. The van der Waals surface area contributed by atoms with E-state index in [2.05, 4.69) is 6.08 Å². The molecule has 4 aromatic rings. The van der Waals surface area contributed by atoms with E-state index >= 15 is 0 Å². The van der Waals surface area contributed by atoms with Crippen molar-refractivity contribution in [3.05, 3.63) is 161 Å². The normalized spacial score (nSPS) is 10.6. The number of carbonyl (C=O) groups is 2. The Morgan fingerprint density at radius 2 is 0.892 bits per heavy atom. The molecular formula is C33H28O4. The lowest BCUT2D eigenvalue weighted by atomic mass is 9.71. The predicted octanol–water partition coefficient (Wildman–Crippen LogP) is 6.38. The van der Waals surface area contributed by atoms with Gasteiger partial charge < -0.3 is 9.47 Å². The third-order valence-corrected chi connectivity index (χ3v) is 6.23. The first kappa shape index (κ1) is 25.4. The third-order valence-electron chi connectivity index (χ3n) is 6.23. The molecule has 4 nitrogen and oxygen atoms in total. The minimum atomic E-state index is -1.03. The molecule has 0 aliphatic rings. The van der Waals surface area contributed by atoms with Crippen molar-refractivity contribution in [1.82, 2.24) is 0 Å². The highest BCUT2D eigenvalue weighted by Crippen LogP contribution is 2.40. The van der Waals surface area contributed by atoms with E-state index < -0.39 is 17.4 Å². The van der Waals surface area contributed by atoms with E-state index in [1.54, 1.807) is 6.08 Å². The van der Waals surface area contributed by atoms with E-state index in [0.717, 1.165) is 27.8 Å². The Kier molecular flexibility index (Phi) is 8.11. The van der Waals surface area contributed by atoms with Gasteiger partial charge in [-0.05, 0) is 33.9 Å². The summed E-state index contributed by atoms with van der Waals surface area (Å²) < 4.78 is 10.00. The Bertz CT molecular complexity index is 1290. The Labute approximate surface area is 217 Å². The van der Waals surface area contributed by atoms with Crippen molar-refractivity contribution in [2.45, 2.75) is 5.41 Å². The molecule has 184 valence electrons. The second-order valence-electron chi connectivity index (χ2n) is 8.43. The largest absolute Gasteiger partial charge is 0.465 e. The second-order valence-corrected chi connectivity index (χ2v) is 8.43. The summed E-state index contributed by atoms with van der Waals surface area (Å²) in [5, 5.41) is 0. The molecule has 0 bridgehead atoms. The minimum absolute atomic E-state index is 0.186. The summed E-state index contributed by atoms with van der Waals surface area (Å²) in [7, 11) is 2.50. The minimum Gasteiger partial charge on any atom is -0.465 e. The van der Waals surface area contributed by atoms with Gasteiger partial charge in [0.1, 0.15) is 5.57 Å². The molecule has 0 fully saturated rings. The molecule has 0 saturated heterocycles. The van der Waals surface area contributed by atoms with Gasteiger partial charge in [0.15, 0.2) is 0 Å². The van der Waals surface area contributed by atoms with Gasteiger partial charge >= 0.3 is 11.9 Å². The summed E-state index contributed by atoms with van der Waals surface area (Å²) >= 11 is 0. The van der Waals surface area contributed by atoms with Crippen LogP contribution in [0.25, 0.3) is 5.57 Å². The van der Waals surface area contributed by atoms with E-state index in [0.29, 0.717) is 0 Å². The zero-order valence-electron chi connectivity index (χ0n) is 20.8. The van der Waals surface area contributed by atoms with Gasteiger partial charge in [-0.15, -0.1) is 0 Å². The van der Waals surface area contributed by atoms with Crippen LogP contribution in [0.5, 0.6) is 0 Å². The van der Waals surface area contributed by atoms with Crippen molar-refractivity contribution in [3.8, 4) is 0 Å². The summed E-state index contributed by atoms with van der Waals surface area (Å²) in [4.78, 5) is 25.7. The van der Waals surface area contributed by atoms with Crippen LogP contribution in [0.3, 0.4) is 0 Å². The van der Waals surface area contributed by atoms with E-state index in [9.17, 15) is 9.59 Å². The first-order valence-corrected chi connectivity index (χ1v) is 11.9. The van der Waals surface area contributed by atoms with Crippen LogP contribution in [0.2, 0.25) is 0 Å². The van der Waals surface area contributed by atoms with Crippen LogP contribution in [-0.4, -0.2) is 26.2 Å².